The molecule has 23 heavy (non-hydrogen) atoms. The lowest BCUT2D eigenvalue weighted by atomic mass is 10.2. The van der Waals surface area contributed by atoms with E-state index < -0.39 is 23.2 Å². The van der Waals surface area contributed by atoms with Crippen molar-refractivity contribution < 1.29 is 24.2 Å². The second-order valence-electron chi connectivity index (χ2n) is 4.58. The number of thioether (sulfide) groups is 1. The van der Waals surface area contributed by atoms with Crippen LogP contribution in [0.5, 0.6) is 5.75 Å². The van der Waals surface area contributed by atoms with E-state index in [2.05, 4.69) is 20.7 Å². The Morgan fingerprint density at radius 3 is 2.70 bits per heavy atom. The van der Waals surface area contributed by atoms with Crippen LogP contribution in [0, 0.1) is 0 Å². The highest BCUT2D eigenvalue weighted by Crippen LogP contribution is 2.37. The van der Waals surface area contributed by atoms with Crippen LogP contribution < -0.4 is 0 Å². The number of hydrogen-bond acceptors (Lipinski definition) is 6. The molecule has 1 N–H and O–H groups in total. The molecule has 1 aliphatic rings. The third kappa shape index (κ3) is 3.54. The first-order valence-electron chi connectivity index (χ1n) is 6.29. The Morgan fingerprint density at radius 2 is 2.13 bits per heavy atom. The van der Waals surface area contributed by atoms with E-state index in [1.807, 2.05) is 0 Å². The smallest absolute Gasteiger partial charge is 0.328 e. The average molecular weight is 421 g/mol. The summed E-state index contributed by atoms with van der Waals surface area (Å²) in [5.74, 6) is -1.38. The molecule has 1 saturated heterocycles. The van der Waals surface area contributed by atoms with Gasteiger partial charge in [-0.1, -0.05) is 11.6 Å². The van der Waals surface area contributed by atoms with Gasteiger partial charge in [0.1, 0.15) is 11.8 Å². The third-order valence-electron chi connectivity index (χ3n) is 3.09. The fourth-order valence-electron chi connectivity index (χ4n) is 1.91. The van der Waals surface area contributed by atoms with E-state index in [1.54, 1.807) is 6.07 Å². The zero-order valence-electron chi connectivity index (χ0n) is 12.0. The molecule has 0 radical (unpaired) electrons. The fourth-order valence-corrected chi connectivity index (χ4v) is 3.64. The molecule has 1 heterocycles. The van der Waals surface area contributed by atoms with Crippen molar-refractivity contribution in [2.75, 3.05) is 7.11 Å². The number of carbonyl (C=O) groups is 3. The van der Waals surface area contributed by atoms with Gasteiger partial charge in [-0.05, 0) is 58.4 Å². The Balaban J connectivity index is 2.34. The number of rotatable bonds is 3. The van der Waals surface area contributed by atoms with Gasteiger partial charge in [-0.15, -0.1) is 0 Å². The van der Waals surface area contributed by atoms with E-state index in [1.165, 1.54) is 26.2 Å². The maximum Gasteiger partial charge on any atom is 0.328 e. The monoisotopic (exact) mass is 419 g/mol. The van der Waals surface area contributed by atoms with Crippen LogP contribution in [0.2, 0.25) is 5.02 Å². The molecule has 1 atom stereocenters. The number of aromatic hydroxyl groups is 1. The molecule has 1 aromatic rings. The van der Waals surface area contributed by atoms with Crippen LogP contribution in [-0.2, 0) is 14.3 Å². The molecule has 9 heteroatoms. The van der Waals surface area contributed by atoms with E-state index in [0.717, 1.165) is 16.7 Å². The summed E-state index contributed by atoms with van der Waals surface area (Å²) in [4.78, 5) is 36.8. The van der Waals surface area contributed by atoms with E-state index in [-0.39, 0.29) is 15.7 Å². The molecule has 1 unspecified atom stereocenters. The van der Waals surface area contributed by atoms with Crippen molar-refractivity contribution in [2.45, 2.75) is 13.0 Å². The molecule has 1 fully saturated rings. The zero-order chi connectivity index (χ0) is 17.3. The van der Waals surface area contributed by atoms with Gasteiger partial charge in [-0.25, -0.2) is 4.79 Å². The number of imide groups is 1. The van der Waals surface area contributed by atoms with E-state index >= 15 is 0 Å². The van der Waals surface area contributed by atoms with Crippen molar-refractivity contribution >= 4 is 62.5 Å². The van der Waals surface area contributed by atoms with E-state index in [4.69, 9.17) is 11.6 Å². The average Bonchev–Trinajstić information content (AvgIpc) is 2.77. The van der Waals surface area contributed by atoms with Gasteiger partial charge in [0, 0.05) is 0 Å². The van der Waals surface area contributed by atoms with Gasteiger partial charge in [-0.2, -0.15) is 0 Å². The van der Waals surface area contributed by atoms with Crippen molar-refractivity contribution in [3.05, 3.63) is 32.1 Å². The minimum absolute atomic E-state index is 0.104. The normalized spacial score (nSPS) is 17.7. The lowest BCUT2D eigenvalue weighted by Gasteiger charge is -2.18. The Hall–Kier alpha value is -1.51. The Bertz CT molecular complexity index is 713. The van der Waals surface area contributed by atoms with Gasteiger partial charge < -0.3 is 9.84 Å². The lowest BCUT2D eigenvalue weighted by molar-refractivity contribution is -0.148. The second-order valence-corrected chi connectivity index (χ2v) is 6.84. The number of halogens is 2. The number of esters is 1. The summed E-state index contributed by atoms with van der Waals surface area (Å²) in [7, 11) is 1.18. The van der Waals surface area contributed by atoms with Crippen LogP contribution in [-0.4, -0.2) is 40.3 Å². The first-order chi connectivity index (χ1) is 10.8. The zero-order valence-corrected chi connectivity index (χ0v) is 15.2. The Kier molecular flexibility index (Phi) is 5.38. The van der Waals surface area contributed by atoms with Gasteiger partial charge in [0.15, 0.2) is 0 Å². The predicted molar refractivity (Wildman–Crippen MR) is 90.1 cm³/mol. The molecule has 0 saturated carbocycles. The van der Waals surface area contributed by atoms with Gasteiger partial charge in [0.25, 0.3) is 11.1 Å². The van der Waals surface area contributed by atoms with Crippen LogP contribution in [0.4, 0.5) is 4.79 Å². The molecule has 0 aromatic heterocycles. The maximum atomic E-state index is 12.3. The van der Waals surface area contributed by atoms with Gasteiger partial charge in [0.05, 0.1) is 21.5 Å². The number of ether oxygens (including phenoxy) is 1. The largest absolute Gasteiger partial charge is 0.505 e. The number of phenolic OH excluding ortho intramolecular Hbond substituents is 1. The highest BCUT2D eigenvalue weighted by molar-refractivity contribution is 9.10. The summed E-state index contributed by atoms with van der Waals surface area (Å²) >= 11 is 9.73. The van der Waals surface area contributed by atoms with Crippen LogP contribution in [0.1, 0.15) is 12.5 Å². The second kappa shape index (κ2) is 6.94. The highest BCUT2D eigenvalue weighted by Gasteiger charge is 2.41. The highest BCUT2D eigenvalue weighted by atomic mass is 79.9. The minimum atomic E-state index is -1.01. The Labute approximate surface area is 149 Å². The van der Waals surface area contributed by atoms with E-state index in [9.17, 15) is 19.5 Å². The topological polar surface area (TPSA) is 83.9 Å². The van der Waals surface area contributed by atoms with Crippen molar-refractivity contribution in [3.63, 3.8) is 0 Å². The van der Waals surface area contributed by atoms with Gasteiger partial charge in [-0.3, -0.25) is 14.5 Å². The van der Waals surface area contributed by atoms with Crippen LogP contribution in [0.3, 0.4) is 0 Å². The van der Waals surface area contributed by atoms with Gasteiger partial charge in [0.2, 0.25) is 0 Å². The molecule has 2 rings (SSSR count). The number of hydrogen-bond donors (Lipinski definition) is 1. The lowest BCUT2D eigenvalue weighted by Crippen LogP contribution is -2.42. The number of nitrogens with zero attached hydrogens (tertiary/aromatic N) is 1. The maximum absolute atomic E-state index is 12.3. The fraction of sp³-hybridized carbons (Fsp3) is 0.214. The molecule has 1 aliphatic heterocycles. The summed E-state index contributed by atoms with van der Waals surface area (Å²) in [6.45, 7) is 1.42. The first-order valence-corrected chi connectivity index (χ1v) is 8.28. The molecule has 1 aromatic carbocycles. The molecule has 2 amide bonds. The summed E-state index contributed by atoms with van der Waals surface area (Å²) in [6.07, 6.45) is 1.46. The summed E-state index contributed by atoms with van der Waals surface area (Å²) < 4.78 is 4.91. The minimum Gasteiger partial charge on any atom is -0.505 e. The summed E-state index contributed by atoms with van der Waals surface area (Å²) in [5.41, 5.74) is 0.524. The van der Waals surface area contributed by atoms with Crippen LogP contribution in [0.25, 0.3) is 6.08 Å². The molecular formula is C14H11BrClNO5S. The van der Waals surface area contributed by atoms with Crippen LogP contribution in [0.15, 0.2) is 21.5 Å². The molecule has 0 bridgehead atoms. The standard InChI is InChI=1S/C14H11BrClNO5S/c1-6(13(20)22-2)17-12(19)10(23-14(17)21)5-7-3-8(15)11(18)9(16)4-7/h3-6,18H,1-2H3. The van der Waals surface area contributed by atoms with Gasteiger partial charge >= 0.3 is 5.97 Å². The first kappa shape index (κ1) is 17.8. The molecule has 6 nitrogen and oxygen atoms in total. The predicted octanol–water partition coefficient (Wildman–Crippen LogP) is 3.41. The van der Waals surface area contributed by atoms with Crippen molar-refractivity contribution in [2.24, 2.45) is 0 Å². The van der Waals surface area contributed by atoms with Crippen LogP contribution >= 0.6 is 39.3 Å². The number of phenols is 1. The summed E-state index contributed by atoms with van der Waals surface area (Å²) in [5, 5.41) is 9.16. The molecular weight excluding hydrogens is 410 g/mol. The number of amides is 2. The third-order valence-corrected chi connectivity index (χ3v) is 4.87. The number of carbonyl (C=O) groups excluding carboxylic acids is 3. The molecule has 122 valence electrons. The SMILES string of the molecule is COC(=O)C(C)N1C(=O)SC(=Cc2cc(Cl)c(O)c(Br)c2)C1=O. The van der Waals surface area contributed by atoms with Crippen molar-refractivity contribution in [3.8, 4) is 5.75 Å². The quantitative estimate of drug-likeness (QED) is 0.596. The van der Waals surface area contributed by atoms with Crippen molar-refractivity contribution in [1.29, 1.82) is 0 Å². The number of methoxy groups -OCH3 is 1. The van der Waals surface area contributed by atoms with Crippen molar-refractivity contribution in [1.82, 2.24) is 4.90 Å². The Morgan fingerprint density at radius 1 is 1.48 bits per heavy atom. The van der Waals surface area contributed by atoms with E-state index in [0.29, 0.717) is 10.0 Å². The summed E-state index contributed by atoms with van der Waals surface area (Å²) in [6, 6.07) is 2.01. The molecule has 0 aliphatic carbocycles. The molecule has 0 spiro atoms. The number of benzene rings is 1.